The standard InChI is InChI=1S/C85H79N5S/c1-82(2,3)66-49-67(83(4,5)6)52-70(51-66)89-72-43-41-63(57-29-21-15-22-30-57)47-76(72)91-77-48-64(58-31-23-16-24-32-58)42-44-73(77)90(71-53-68(84(7,8)9)50-69(54-71)85(10,11)12)75-46-65(45-74(89)78(75)91)81-87-79(61-37-33-59(34-38-61)55-25-17-13-18-26-55)86-80(88-81)62-39-35-60(36-40-62)56-27-19-14-20-28-56/h13-54,91H,1-12H3. The molecule has 0 aliphatic carbocycles. The van der Waals surface area contributed by atoms with E-state index < -0.39 is 10.9 Å². The van der Waals surface area contributed by atoms with E-state index in [1.54, 1.807) is 0 Å². The Morgan fingerprint density at radius 3 is 0.813 bits per heavy atom. The lowest BCUT2D eigenvalue weighted by molar-refractivity contribution is 0.568. The van der Waals surface area contributed by atoms with E-state index >= 15 is 0 Å². The van der Waals surface area contributed by atoms with Crippen LogP contribution in [0.5, 0.6) is 0 Å². The highest BCUT2D eigenvalue weighted by atomic mass is 32.2. The molecule has 3 heterocycles. The highest BCUT2D eigenvalue weighted by Gasteiger charge is 2.42. The first-order chi connectivity index (χ1) is 43.6. The van der Waals surface area contributed by atoms with Crippen molar-refractivity contribution in [2.75, 3.05) is 9.80 Å². The van der Waals surface area contributed by atoms with Crippen molar-refractivity contribution < 1.29 is 0 Å². The number of benzene rings is 11. The van der Waals surface area contributed by atoms with Crippen molar-refractivity contribution in [3.05, 3.63) is 277 Å². The molecule has 0 bridgehead atoms. The van der Waals surface area contributed by atoms with Gasteiger partial charge < -0.3 is 9.80 Å². The summed E-state index contributed by atoms with van der Waals surface area (Å²) in [5, 5.41) is 0. The van der Waals surface area contributed by atoms with Crippen LogP contribution >= 0.6 is 10.9 Å². The van der Waals surface area contributed by atoms with Gasteiger partial charge >= 0.3 is 0 Å². The van der Waals surface area contributed by atoms with Crippen molar-refractivity contribution in [3.8, 4) is 78.7 Å². The lowest BCUT2D eigenvalue weighted by Crippen LogP contribution is -2.26. The van der Waals surface area contributed by atoms with Crippen molar-refractivity contribution in [1.29, 1.82) is 0 Å². The summed E-state index contributed by atoms with van der Waals surface area (Å²) >= 11 is 0. The molecule has 0 fully saturated rings. The van der Waals surface area contributed by atoms with E-state index in [4.69, 9.17) is 15.0 Å². The van der Waals surface area contributed by atoms with Crippen LogP contribution in [0.15, 0.2) is 269 Å². The van der Waals surface area contributed by atoms with E-state index in [1.807, 2.05) is 0 Å². The van der Waals surface area contributed by atoms with Gasteiger partial charge in [-0.15, -0.1) is 0 Å². The minimum Gasteiger partial charge on any atom is -0.308 e. The molecule has 0 atom stereocenters. The third-order valence-corrected chi connectivity index (χ3v) is 20.7. The van der Waals surface area contributed by atoms with Crippen LogP contribution in [0.4, 0.5) is 34.1 Å². The van der Waals surface area contributed by atoms with Gasteiger partial charge in [-0.05, 0) is 149 Å². The summed E-state index contributed by atoms with van der Waals surface area (Å²) in [4.78, 5) is 25.8. The summed E-state index contributed by atoms with van der Waals surface area (Å²) in [6.45, 7) is 28.1. The summed E-state index contributed by atoms with van der Waals surface area (Å²) in [6.07, 6.45) is 0. The van der Waals surface area contributed by atoms with Crippen LogP contribution in [0.2, 0.25) is 0 Å². The predicted molar refractivity (Wildman–Crippen MR) is 386 cm³/mol. The van der Waals surface area contributed by atoms with E-state index in [0.717, 1.165) is 73.1 Å². The first-order valence-electron chi connectivity index (χ1n) is 32.0. The van der Waals surface area contributed by atoms with Gasteiger partial charge in [-0.3, -0.25) is 0 Å². The third kappa shape index (κ3) is 11.4. The SMILES string of the molecule is CC(C)(C)c1cc(N2c3ccc(-c4ccccc4)cc3[SH]3c4cc(-c5ccccc5)ccc4N(c4cc(C(C)(C)C)cc(C(C)(C)C)c4)c4cc(-c5nc(-c6ccc(-c7ccccc7)cc6)nc(-c6ccc(-c7ccccc7)cc6)n5)cc2c43)cc(C(C)(C)C)c1. The van der Waals surface area contributed by atoms with Gasteiger partial charge in [-0.1, -0.05) is 277 Å². The second-order valence-corrected chi connectivity index (χ2v) is 30.8. The Bertz CT molecular complexity index is 4350. The highest BCUT2D eigenvalue weighted by molar-refractivity contribution is 8.17. The minimum atomic E-state index is -1.27. The Morgan fingerprint density at radius 2 is 0.505 bits per heavy atom. The maximum absolute atomic E-state index is 5.63. The molecule has 0 radical (unpaired) electrons. The van der Waals surface area contributed by atoms with Gasteiger partial charge in [-0.25, -0.2) is 15.0 Å². The van der Waals surface area contributed by atoms with Gasteiger partial charge in [0.1, 0.15) is 0 Å². The Balaban J connectivity index is 1.11. The summed E-state index contributed by atoms with van der Waals surface area (Å²) in [6, 6.07) is 94.3. The molecule has 91 heavy (non-hydrogen) atoms. The number of fused-ring (bicyclic) bond motifs is 4. The quantitative estimate of drug-likeness (QED) is 0.146. The number of hydrogen-bond acceptors (Lipinski definition) is 5. The minimum absolute atomic E-state index is 0.150. The second-order valence-electron chi connectivity index (χ2n) is 28.7. The molecule has 0 amide bonds. The first kappa shape index (κ1) is 59.0. The van der Waals surface area contributed by atoms with Gasteiger partial charge in [0.15, 0.2) is 17.5 Å². The molecule has 0 unspecified atom stereocenters. The van der Waals surface area contributed by atoms with Gasteiger partial charge in [0.2, 0.25) is 0 Å². The van der Waals surface area contributed by atoms with Crippen LogP contribution in [-0.4, -0.2) is 15.0 Å². The largest absolute Gasteiger partial charge is 0.308 e. The number of rotatable bonds is 9. The normalized spacial score (nSPS) is 13.4. The van der Waals surface area contributed by atoms with Crippen molar-refractivity contribution in [2.24, 2.45) is 0 Å². The van der Waals surface area contributed by atoms with Crippen molar-refractivity contribution >= 4 is 45.0 Å². The van der Waals surface area contributed by atoms with E-state index in [0.29, 0.717) is 17.5 Å². The molecule has 450 valence electrons. The fourth-order valence-electron chi connectivity index (χ4n) is 12.8. The van der Waals surface area contributed by atoms with E-state index in [9.17, 15) is 0 Å². The summed E-state index contributed by atoms with van der Waals surface area (Å²) in [5.41, 5.74) is 23.4. The molecular weight excluding hydrogens is 1120 g/mol. The van der Waals surface area contributed by atoms with Crippen LogP contribution in [0.1, 0.15) is 105 Å². The molecule has 0 N–H and O–H groups in total. The Kier molecular flexibility index (Phi) is 14.7. The third-order valence-electron chi connectivity index (χ3n) is 18.1. The average Bonchev–Trinajstić information content (AvgIpc) is 0.715. The Labute approximate surface area is 541 Å². The molecule has 2 aliphatic heterocycles. The molecule has 0 saturated heterocycles. The zero-order chi connectivity index (χ0) is 63.1. The maximum Gasteiger partial charge on any atom is 0.164 e. The van der Waals surface area contributed by atoms with Crippen LogP contribution < -0.4 is 9.80 Å². The lowest BCUT2D eigenvalue weighted by atomic mass is 9.80. The maximum atomic E-state index is 5.63. The fourth-order valence-corrected chi connectivity index (χ4v) is 15.6. The van der Waals surface area contributed by atoms with Crippen LogP contribution in [0, 0.1) is 0 Å². The molecule has 0 spiro atoms. The molecule has 14 rings (SSSR count). The number of aromatic nitrogens is 3. The van der Waals surface area contributed by atoms with E-state index in [1.165, 1.54) is 59.2 Å². The highest BCUT2D eigenvalue weighted by Crippen LogP contribution is 2.72. The van der Waals surface area contributed by atoms with Gasteiger partial charge in [0, 0.05) is 42.8 Å². The van der Waals surface area contributed by atoms with Crippen LogP contribution in [0.3, 0.4) is 0 Å². The topological polar surface area (TPSA) is 45.2 Å². The molecule has 2 aliphatic rings. The van der Waals surface area contributed by atoms with Gasteiger partial charge in [0.05, 0.1) is 22.7 Å². The number of nitrogens with zero attached hydrogens (tertiary/aromatic N) is 5. The monoisotopic (exact) mass is 1200 g/mol. The molecule has 5 nitrogen and oxygen atoms in total. The fraction of sp³-hybridized carbons (Fsp3) is 0.188. The van der Waals surface area contributed by atoms with Crippen molar-refractivity contribution in [1.82, 2.24) is 15.0 Å². The molecular formula is C85H79N5S. The summed E-state index contributed by atoms with van der Waals surface area (Å²) in [5.74, 6) is 1.80. The van der Waals surface area contributed by atoms with E-state index in [2.05, 4.69) is 348 Å². The van der Waals surface area contributed by atoms with Crippen molar-refractivity contribution in [3.63, 3.8) is 0 Å². The second kappa shape index (κ2) is 22.7. The van der Waals surface area contributed by atoms with Gasteiger partial charge in [-0.2, -0.15) is 10.9 Å². The zero-order valence-electron chi connectivity index (χ0n) is 54.4. The lowest BCUT2D eigenvalue weighted by Gasteiger charge is -2.47. The van der Waals surface area contributed by atoms with Crippen molar-refractivity contribution in [2.45, 2.75) is 119 Å². The molecule has 12 aromatic rings. The number of thiol groups is 1. The zero-order valence-corrected chi connectivity index (χ0v) is 55.3. The molecule has 6 heteroatoms. The molecule has 11 aromatic carbocycles. The van der Waals surface area contributed by atoms with E-state index in [-0.39, 0.29) is 21.7 Å². The summed E-state index contributed by atoms with van der Waals surface area (Å²) < 4.78 is 0. The first-order valence-corrected chi connectivity index (χ1v) is 33.3. The van der Waals surface area contributed by atoms with Crippen LogP contribution in [-0.2, 0) is 21.7 Å². The van der Waals surface area contributed by atoms with Gasteiger partial charge in [0.25, 0.3) is 0 Å². The number of anilines is 6. The molecule has 0 saturated carbocycles. The summed E-state index contributed by atoms with van der Waals surface area (Å²) in [7, 11) is -1.27. The van der Waals surface area contributed by atoms with Crippen LogP contribution in [0.25, 0.3) is 78.7 Å². The molecule has 1 aromatic heterocycles. The number of hydrogen-bond donors (Lipinski definition) is 1. The smallest absolute Gasteiger partial charge is 0.164 e. The Hall–Kier alpha value is -9.62. The Morgan fingerprint density at radius 1 is 0.242 bits per heavy atom. The average molecular weight is 1200 g/mol. The predicted octanol–water partition coefficient (Wildman–Crippen LogP) is 23.8.